The van der Waals surface area contributed by atoms with Crippen LogP contribution in [-0.4, -0.2) is 47.8 Å². The van der Waals surface area contributed by atoms with Crippen molar-refractivity contribution in [2.45, 2.75) is 57.9 Å². The van der Waals surface area contributed by atoms with Crippen LogP contribution in [0.5, 0.6) is 0 Å². The Morgan fingerprint density at radius 1 is 1.21 bits per heavy atom. The number of ether oxygens (including phenoxy) is 1. The van der Waals surface area contributed by atoms with Crippen LogP contribution in [0.2, 0.25) is 0 Å². The van der Waals surface area contributed by atoms with Crippen LogP contribution in [0, 0.1) is 5.41 Å². The Balaban J connectivity index is 2.13. The Hall–Kier alpha value is -0.610. The van der Waals surface area contributed by atoms with E-state index in [-0.39, 0.29) is 5.54 Å². The number of rotatable bonds is 3. The second kappa shape index (κ2) is 5.80. The zero-order valence-electron chi connectivity index (χ0n) is 12.3. The highest BCUT2D eigenvalue weighted by molar-refractivity contribution is 5.75. The predicted molar refractivity (Wildman–Crippen MR) is 74.2 cm³/mol. The van der Waals surface area contributed by atoms with Gasteiger partial charge in [0, 0.05) is 18.6 Å². The van der Waals surface area contributed by atoms with Gasteiger partial charge in [-0.05, 0) is 26.7 Å². The molecule has 0 aromatic rings. The molecule has 0 radical (unpaired) electrons. The van der Waals surface area contributed by atoms with Crippen LogP contribution in [0.1, 0.15) is 52.4 Å². The smallest absolute Gasteiger partial charge is 0.310 e. The van der Waals surface area contributed by atoms with Crippen LogP contribution >= 0.6 is 0 Å². The normalized spacial score (nSPS) is 27.7. The van der Waals surface area contributed by atoms with Gasteiger partial charge in [-0.2, -0.15) is 0 Å². The van der Waals surface area contributed by atoms with Gasteiger partial charge in [-0.3, -0.25) is 9.69 Å². The SMILES string of the molecule is CC1(C)COCCN1CC1(C(=O)O)CCCCCC1. The minimum absolute atomic E-state index is 0.0486. The molecule has 4 nitrogen and oxygen atoms in total. The van der Waals surface area contributed by atoms with Gasteiger partial charge in [-0.25, -0.2) is 0 Å². The molecule has 1 saturated heterocycles. The van der Waals surface area contributed by atoms with E-state index in [4.69, 9.17) is 4.74 Å². The molecule has 0 unspecified atom stereocenters. The molecule has 1 N–H and O–H groups in total. The Bertz CT molecular complexity index is 319. The Kier molecular flexibility index (Phi) is 4.51. The Labute approximate surface area is 116 Å². The number of aliphatic carboxylic acids is 1. The van der Waals surface area contributed by atoms with Crippen molar-refractivity contribution in [3.63, 3.8) is 0 Å². The summed E-state index contributed by atoms with van der Waals surface area (Å²) in [5, 5.41) is 9.76. The molecule has 4 heteroatoms. The van der Waals surface area contributed by atoms with Gasteiger partial charge in [0.1, 0.15) is 0 Å². The topological polar surface area (TPSA) is 49.8 Å². The van der Waals surface area contributed by atoms with Gasteiger partial charge in [0.2, 0.25) is 0 Å². The van der Waals surface area contributed by atoms with Crippen molar-refractivity contribution in [3.8, 4) is 0 Å². The molecular formula is C15H27NO3. The maximum atomic E-state index is 11.9. The standard InChI is InChI=1S/C15H27NO3/c1-14(2)12-19-10-9-16(14)11-15(13(17)18)7-5-3-4-6-8-15/h3-12H2,1-2H3,(H,17,18). The maximum Gasteiger partial charge on any atom is 0.310 e. The number of hydrogen-bond acceptors (Lipinski definition) is 3. The lowest BCUT2D eigenvalue weighted by Gasteiger charge is -2.46. The minimum Gasteiger partial charge on any atom is -0.481 e. The molecule has 19 heavy (non-hydrogen) atoms. The lowest BCUT2D eigenvalue weighted by molar-refractivity contribution is -0.154. The van der Waals surface area contributed by atoms with Crippen LogP contribution in [0.4, 0.5) is 0 Å². The fourth-order valence-corrected chi connectivity index (χ4v) is 3.39. The first-order chi connectivity index (χ1) is 8.96. The fraction of sp³-hybridized carbons (Fsp3) is 0.933. The molecule has 1 aliphatic carbocycles. The number of carboxylic acid groups (broad SMARTS) is 1. The molecule has 2 fully saturated rings. The summed E-state index contributed by atoms with van der Waals surface area (Å²) in [6.45, 7) is 7.25. The molecular weight excluding hydrogens is 242 g/mol. The number of hydrogen-bond donors (Lipinski definition) is 1. The number of carbonyl (C=O) groups is 1. The van der Waals surface area contributed by atoms with Crippen molar-refractivity contribution in [1.29, 1.82) is 0 Å². The van der Waals surface area contributed by atoms with E-state index >= 15 is 0 Å². The Morgan fingerprint density at radius 3 is 2.37 bits per heavy atom. The van der Waals surface area contributed by atoms with Gasteiger partial charge in [0.05, 0.1) is 18.6 Å². The van der Waals surface area contributed by atoms with E-state index in [1.807, 2.05) is 0 Å². The van der Waals surface area contributed by atoms with Gasteiger partial charge in [-0.15, -0.1) is 0 Å². The van der Waals surface area contributed by atoms with E-state index in [9.17, 15) is 9.90 Å². The number of carboxylic acids is 1. The molecule has 2 aliphatic rings. The summed E-state index contributed by atoms with van der Waals surface area (Å²) >= 11 is 0. The molecule has 0 atom stereocenters. The van der Waals surface area contributed by atoms with Gasteiger partial charge >= 0.3 is 5.97 Å². The Morgan fingerprint density at radius 2 is 1.84 bits per heavy atom. The highest BCUT2D eigenvalue weighted by Crippen LogP contribution is 2.38. The second-order valence-electron chi connectivity index (χ2n) is 6.79. The average Bonchev–Trinajstić information content (AvgIpc) is 2.58. The molecule has 1 aliphatic heterocycles. The zero-order chi connectivity index (χ0) is 13.9. The molecule has 1 heterocycles. The summed E-state index contributed by atoms with van der Waals surface area (Å²) in [5.41, 5.74) is -0.585. The summed E-state index contributed by atoms with van der Waals surface area (Å²) in [6.07, 6.45) is 6.13. The molecule has 2 rings (SSSR count). The molecule has 0 aromatic carbocycles. The van der Waals surface area contributed by atoms with Crippen LogP contribution in [0.25, 0.3) is 0 Å². The highest BCUT2D eigenvalue weighted by atomic mass is 16.5. The van der Waals surface area contributed by atoms with Crippen molar-refractivity contribution in [3.05, 3.63) is 0 Å². The lowest BCUT2D eigenvalue weighted by atomic mass is 9.78. The summed E-state index contributed by atoms with van der Waals surface area (Å²) in [7, 11) is 0. The average molecular weight is 269 g/mol. The van der Waals surface area contributed by atoms with Gasteiger partial charge in [0.15, 0.2) is 0 Å². The van der Waals surface area contributed by atoms with Crippen molar-refractivity contribution in [2.75, 3.05) is 26.3 Å². The monoisotopic (exact) mass is 269 g/mol. The van der Waals surface area contributed by atoms with E-state index in [0.29, 0.717) is 13.2 Å². The third-order valence-electron chi connectivity index (χ3n) is 4.82. The first-order valence-electron chi connectivity index (χ1n) is 7.53. The third-order valence-corrected chi connectivity index (χ3v) is 4.82. The molecule has 0 aromatic heterocycles. The number of morpholine rings is 1. The van der Waals surface area contributed by atoms with Gasteiger partial charge in [-0.1, -0.05) is 25.7 Å². The third kappa shape index (κ3) is 3.29. The van der Waals surface area contributed by atoms with Crippen molar-refractivity contribution in [2.24, 2.45) is 5.41 Å². The molecule has 110 valence electrons. The molecule has 0 amide bonds. The predicted octanol–water partition coefficient (Wildman–Crippen LogP) is 2.52. The van der Waals surface area contributed by atoms with Crippen molar-refractivity contribution >= 4 is 5.97 Å². The van der Waals surface area contributed by atoms with Crippen molar-refractivity contribution < 1.29 is 14.6 Å². The van der Waals surface area contributed by atoms with E-state index in [0.717, 1.165) is 38.8 Å². The molecule has 0 spiro atoms. The molecule has 0 bridgehead atoms. The first-order valence-corrected chi connectivity index (χ1v) is 7.53. The fourth-order valence-electron chi connectivity index (χ4n) is 3.39. The van der Waals surface area contributed by atoms with Crippen molar-refractivity contribution in [1.82, 2.24) is 4.90 Å². The van der Waals surface area contributed by atoms with Crippen LogP contribution in [0.15, 0.2) is 0 Å². The van der Waals surface area contributed by atoms with Crippen LogP contribution < -0.4 is 0 Å². The highest BCUT2D eigenvalue weighted by Gasteiger charge is 2.43. The minimum atomic E-state index is -0.600. The molecule has 1 saturated carbocycles. The van der Waals surface area contributed by atoms with Gasteiger partial charge < -0.3 is 9.84 Å². The van der Waals surface area contributed by atoms with E-state index in [1.54, 1.807) is 0 Å². The lowest BCUT2D eigenvalue weighted by Crippen LogP contribution is -2.57. The van der Waals surface area contributed by atoms with Crippen LogP contribution in [-0.2, 0) is 9.53 Å². The quantitative estimate of drug-likeness (QED) is 0.800. The zero-order valence-corrected chi connectivity index (χ0v) is 12.3. The van der Waals surface area contributed by atoms with E-state index in [2.05, 4.69) is 18.7 Å². The summed E-state index contributed by atoms with van der Waals surface area (Å²) in [6, 6.07) is 0. The summed E-state index contributed by atoms with van der Waals surface area (Å²) in [4.78, 5) is 14.2. The van der Waals surface area contributed by atoms with Crippen LogP contribution in [0.3, 0.4) is 0 Å². The first kappa shape index (κ1) is 14.8. The van der Waals surface area contributed by atoms with E-state index < -0.39 is 11.4 Å². The second-order valence-corrected chi connectivity index (χ2v) is 6.79. The van der Waals surface area contributed by atoms with Gasteiger partial charge in [0.25, 0.3) is 0 Å². The summed E-state index contributed by atoms with van der Waals surface area (Å²) in [5.74, 6) is -0.600. The summed E-state index contributed by atoms with van der Waals surface area (Å²) < 4.78 is 5.53. The largest absolute Gasteiger partial charge is 0.481 e. The maximum absolute atomic E-state index is 11.9. The van der Waals surface area contributed by atoms with E-state index in [1.165, 1.54) is 12.8 Å². The number of nitrogens with zero attached hydrogens (tertiary/aromatic N) is 1.